The van der Waals surface area contributed by atoms with Crippen LogP contribution in [0, 0.1) is 12.8 Å². The third-order valence-corrected chi connectivity index (χ3v) is 5.01. The number of likely N-dealkylation sites (tertiary alicyclic amines) is 1. The lowest BCUT2D eigenvalue weighted by molar-refractivity contribution is -0.114. The monoisotopic (exact) mass is 346 g/mol. The summed E-state index contributed by atoms with van der Waals surface area (Å²) in [6.45, 7) is 10.9. The fourth-order valence-corrected chi connectivity index (χ4v) is 3.47. The first-order valence-corrected chi connectivity index (χ1v) is 8.96. The molecule has 0 spiro atoms. The fourth-order valence-electron chi connectivity index (χ4n) is 3.47. The van der Waals surface area contributed by atoms with Crippen molar-refractivity contribution in [3.8, 4) is 0 Å². The lowest BCUT2D eigenvalue weighted by Gasteiger charge is -2.40. The molecule has 25 heavy (non-hydrogen) atoms. The van der Waals surface area contributed by atoms with Crippen LogP contribution in [-0.4, -0.2) is 54.5 Å². The molecule has 1 saturated heterocycles. The highest BCUT2D eigenvalue weighted by Gasteiger charge is 2.30. The maximum Gasteiger partial charge on any atom is 0.321 e. The lowest BCUT2D eigenvalue weighted by Crippen LogP contribution is -2.51. The van der Waals surface area contributed by atoms with Gasteiger partial charge >= 0.3 is 6.03 Å². The summed E-state index contributed by atoms with van der Waals surface area (Å²) in [5.41, 5.74) is 2.37. The zero-order chi connectivity index (χ0) is 18.6. The van der Waals surface area contributed by atoms with Crippen LogP contribution in [0.1, 0.15) is 32.8 Å². The number of anilines is 2. The number of rotatable bonds is 4. The second-order valence-corrected chi connectivity index (χ2v) is 6.98. The van der Waals surface area contributed by atoms with E-state index in [4.69, 9.17) is 0 Å². The van der Waals surface area contributed by atoms with E-state index in [1.165, 1.54) is 6.92 Å². The zero-order valence-electron chi connectivity index (χ0n) is 15.9. The van der Waals surface area contributed by atoms with Gasteiger partial charge in [0.25, 0.3) is 0 Å². The summed E-state index contributed by atoms with van der Waals surface area (Å²) < 4.78 is 0. The van der Waals surface area contributed by atoms with Crippen molar-refractivity contribution >= 4 is 23.3 Å². The Labute approximate surface area is 150 Å². The van der Waals surface area contributed by atoms with Crippen molar-refractivity contribution in [3.05, 3.63) is 23.8 Å². The minimum atomic E-state index is -0.125. The quantitative estimate of drug-likeness (QED) is 0.880. The second kappa shape index (κ2) is 8.34. The van der Waals surface area contributed by atoms with Crippen LogP contribution in [0.4, 0.5) is 16.2 Å². The number of hydrogen-bond donors (Lipinski definition) is 2. The molecule has 0 bridgehead atoms. The van der Waals surface area contributed by atoms with Crippen molar-refractivity contribution in [2.45, 2.75) is 40.2 Å². The number of hydrogen-bond acceptors (Lipinski definition) is 3. The molecule has 1 aromatic rings. The van der Waals surface area contributed by atoms with E-state index < -0.39 is 0 Å². The largest absolute Gasteiger partial charge is 0.326 e. The Kier molecular flexibility index (Phi) is 6.42. The number of carbonyl (C=O) groups excluding carboxylic acids is 2. The highest BCUT2D eigenvalue weighted by molar-refractivity contribution is 5.93. The van der Waals surface area contributed by atoms with Crippen LogP contribution in [0.15, 0.2) is 18.2 Å². The summed E-state index contributed by atoms with van der Waals surface area (Å²) in [5, 5.41) is 5.74. The van der Waals surface area contributed by atoms with Gasteiger partial charge in [-0.3, -0.25) is 4.79 Å². The molecule has 0 saturated carbocycles. The Morgan fingerprint density at radius 1 is 1.32 bits per heavy atom. The van der Waals surface area contributed by atoms with E-state index in [1.54, 1.807) is 6.07 Å². The molecule has 3 amide bonds. The zero-order valence-corrected chi connectivity index (χ0v) is 15.9. The molecule has 1 aliphatic heterocycles. The van der Waals surface area contributed by atoms with Gasteiger partial charge in [-0.2, -0.15) is 0 Å². The van der Waals surface area contributed by atoms with Gasteiger partial charge in [0.2, 0.25) is 5.91 Å². The van der Waals surface area contributed by atoms with Crippen molar-refractivity contribution in [1.29, 1.82) is 0 Å². The third-order valence-electron chi connectivity index (χ3n) is 5.01. The average Bonchev–Trinajstić information content (AvgIpc) is 2.56. The molecular formula is C19H30N4O2. The predicted octanol–water partition coefficient (Wildman–Crippen LogP) is 3.15. The van der Waals surface area contributed by atoms with Gasteiger partial charge in [-0.05, 0) is 43.5 Å². The molecular weight excluding hydrogens is 316 g/mol. The van der Waals surface area contributed by atoms with Gasteiger partial charge in [-0.25, -0.2) is 4.79 Å². The summed E-state index contributed by atoms with van der Waals surface area (Å²) in [5.74, 6) is 0.317. The molecule has 0 radical (unpaired) electrons. The standard InChI is InChI=1S/C19H30N4O2/c1-6-23-10-9-18(14(3)12-23)22(5)19(25)21-16-8-7-13(2)17(11-16)20-15(4)24/h7-8,11,14,18H,6,9-10,12H2,1-5H3,(H,20,24)(H,21,25)/t14-,18-/m0/s1. The molecule has 138 valence electrons. The molecule has 1 aromatic carbocycles. The lowest BCUT2D eigenvalue weighted by atomic mass is 9.93. The van der Waals surface area contributed by atoms with Crippen LogP contribution < -0.4 is 10.6 Å². The van der Waals surface area contributed by atoms with Crippen LogP contribution in [0.25, 0.3) is 0 Å². The van der Waals surface area contributed by atoms with Crippen molar-refractivity contribution in [3.63, 3.8) is 0 Å². The number of urea groups is 1. The minimum absolute atomic E-state index is 0.112. The van der Waals surface area contributed by atoms with E-state index in [0.29, 0.717) is 11.6 Å². The molecule has 0 unspecified atom stereocenters. The molecule has 2 atom stereocenters. The van der Waals surface area contributed by atoms with Gasteiger partial charge in [-0.15, -0.1) is 0 Å². The minimum Gasteiger partial charge on any atom is -0.326 e. The van der Waals surface area contributed by atoms with E-state index in [0.717, 1.165) is 37.3 Å². The molecule has 6 nitrogen and oxygen atoms in total. The highest BCUT2D eigenvalue weighted by atomic mass is 16.2. The van der Waals surface area contributed by atoms with Gasteiger partial charge in [0.05, 0.1) is 0 Å². The van der Waals surface area contributed by atoms with Gasteiger partial charge in [-0.1, -0.05) is 19.9 Å². The van der Waals surface area contributed by atoms with Crippen LogP contribution >= 0.6 is 0 Å². The number of piperidine rings is 1. The first-order chi connectivity index (χ1) is 11.8. The van der Waals surface area contributed by atoms with E-state index in [-0.39, 0.29) is 18.0 Å². The Bertz CT molecular complexity index is 632. The van der Waals surface area contributed by atoms with Crippen molar-refractivity contribution in [1.82, 2.24) is 9.80 Å². The van der Waals surface area contributed by atoms with Gasteiger partial charge in [0.1, 0.15) is 0 Å². The normalized spacial score (nSPS) is 20.8. The van der Waals surface area contributed by atoms with E-state index in [1.807, 2.05) is 31.0 Å². The van der Waals surface area contributed by atoms with Crippen LogP contribution in [0.5, 0.6) is 0 Å². The molecule has 1 aliphatic rings. The SMILES string of the molecule is CCN1CC[C@H](N(C)C(=O)Nc2ccc(C)c(NC(C)=O)c2)[C@@H](C)C1. The Hall–Kier alpha value is -2.08. The Balaban J connectivity index is 2.02. The summed E-state index contributed by atoms with van der Waals surface area (Å²) in [7, 11) is 1.86. The van der Waals surface area contributed by atoms with E-state index in [2.05, 4.69) is 29.4 Å². The number of amides is 3. The smallest absolute Gasteiger partial charge is 0.321 e. The van der Waals surface area contributed by atoms with Gasteiger partial charge in [0.15, 0.2) is 0 Å². The number of carbonyl (C=O) groups is 2. The Morgan fingerprint density at radius 2 is 2.04 bits per heavy atom. The first-order valence-electron chi connectivity index (χ1n) is 8.96. The van der Waals surface area contributed by atoms with Crippen LogP contribution in [0.3, 0.4) is 0 Å². The third kappa shape index (κ3) is 4.95. The number of benzene rings is 1. The Morgan fingerprint density at radius 3 is 2.64 bits per heavy atom. The molecule has 2 N–H and O–H groups in total. The van der Waals surface area contributed by atoms with Crippen molar-refractivity contribution < 1.29 is 9.59 Å². The van der Waals surface area contributed by atoms with Gasteiger partial charge < -0.3 is 20.4 Å². The molecule has 0 aromatic heterocycles. The second-order valence-electron chi connectivity index (χ2n) is 6.98. The molecule has 1 fully saturated rings. The molecule has 2 rings (SSSR count). The van der Waals surface area contributed by atoms with E-state index in [9.17, 15) is 9.59 Å². The van der Waals surface area contributed by atoms with Crippen LogP contribution in [-0.2, 0) is 4.79 Å². The maximum atomic E-state index is 12.6. The predicted molar refractivity (Wildman–Crippen MR) is 102 cm³/mol. The maximum absolute atomic E-state index is 12.6. The summed E-state index contributed by atoms with van der Waals surface area (Å²) in [4.78, 5) is 28.2. The number of aryl methyl sites for hydroxylation is 1. The summed E-state index contributed by atoms with van der Waals surface area (Å²) in [6, 6.07) is 5.67. The fraction of sp³-hybridized carbons (Fsp3) is 0.579. The highest BCUT2D eigenvalue weighted by Crippen LogP contribution is 2.23. The number of nitrogens with one attached hydrogen (secondary N) is 2. The summed E-state index contributed by atoms with van der Waals surface area (Å²) in [6.07, 6.45) is 0.990. The molecule has 1 heterocycles. The first kappa shape index (κ1) is 19.2. The number of nitrogens with zero attached hydrogens (tertiary/aromatic N) is 2. The summed E-state index contributed by atoms with van der Waals surface area (Å²) >= 11 is 0. The van der Waals surface area contributed by atoms with Crippen LogP contribution in [0.2, 0.25) is 0 Å². The van der Waals surface area contributed by atoms with Gasteiger partial charge in [0, 0.05) is 44.5 Å². The molecule has 0 aliphatic carbocycles. The van der Waals surface area contributed by atoms with Crippen molar-refractivity contribution in [2.24, 2.45) is 5.92 Å². The van der Waals surface area contributed by atoms with Crippen molar-refractivity contribution in [2.75, 3.05) is 37.3 Å². The topological polar surface area (TPSA) is 64.7 Å². The van der Waals surface area contributed by atoms with E-state index >= 15 is 0 Å². The molecule has 6 heteroatoms. The average molecular weight is 346 g/mol.